The highest BCUT2D eigenvalue weighted by Crippen LogP contribution is 2.24. The first-order chi connectivity index (χ1) is 8.61. The van der Waals surface area contributed by atoms with E-state index in [0.29, 0.717) is 13.0 Å². The van der Waals surface area contributed by atoms with Gasteiger partial charge in [-0.15, -0.1) is 12.4 Å². The molecule has 19 heavy (non-hydrogen) atoms. The van der Waals surface area contributed by atoms with Crippen LogP contribution in [0, 0.1) is 13.8 Å². The fourth-order valence-electron chi connectivity index (χ4n) is 2.15. The largest absolute Gasteiger partial charge is 0.489 e. The molecule has 1 aromatic rings. The summed E-state index contributed by atoms with van der Waals surface area (Å²) in [5.41, 5.74) is 2.36. The fraction of sp³-hybridized carbons (Fsp3) is 0.500. The highest BCUT2D eigenvalue weighted by molar-refractivity contribution is 5.85. The monoisotopic (exact) mass is 285 g/mol. The maximum atomic E-state index is 11.4. The average molecular weight is 286 g/mol. The van der Waals surface area contributed by atoms with Crippen LogP contribution >= 0.6 is 12.4 Å². The predicted octanol–water partition coefficient (Wildman–Crippen LogP) is 2.01. The Labute approximate surface area is 119 Å². The van der Waals surface area contributed by atoms with Gasteiger partial charge in [0, 0.05) is 13.0 Å². The van der Waals surface area contributed by atoms with Crippen molar-refractivity contribution in [2.75, 3.05) is 13.7 Å². The van der Waals surface area contributed by atoms with Crippen molar-refractivity contribution >= 4 is 18.4 Å². The van der Waals surface area contributed by atoms with E-state index < -0.39 is 0 Å². The summed E-state index contributed by atoms with van der Waals surface area (Å²) in [7, 11) is 1.41. The molecule has 0 spiro atoms. The van der Waals surface area contributed by atoms with Gasteiger partial charge in [0.1, 0.15) is 17.9 Å². The van der Waals surface area contributed by atoms with E-state index >= 15 is 0 Å². The van der Waals surface area contributed by atoms with Crippen molar-refractivity contribution in [1.29, 1.82) is 0 Å². The van der Waals surface area contributed by atoms with Gasteiger partial charge >= 0.3 is 5.97 Å². The van der Waals surface area contributed by atoms with Crippen molar-refractivity contribution in [1.82, 2.24) is 5.32 Å². The van der Waals surface area contributed by atoms with Crippen molar-refractivity contribution < 1.29 is 14.3 Å². The molecule has 1 saturated heterocycles. The smallest absolute Gasteiger partial charge is 0.323 e. The summed E-state index contributed by atoms with van der Waals surface area (Å²) in [5, 5.41) is 3.11. The van der Waals surface area contributed by atoms with Gasteiger partial charge in [0.25, 0.3) is 0 Å². The summed E-state index contributed by atoms with van der Waals surface area (Å²) in [6, 6.07) is 5.77. The van der Waals surface area contributed by atoms with Gasteiger partial charge in [-0.1, -0.05) is 12.1 Å². The molecule has 0 amide bonds. The van der Waals surface area contributed by atoms with Crippen molar-refractivity contribution in [3.8, 4) is 5.75 Å². The molecule has 106 valence electrons. The van der Waals surface area contributed by atoms with E-state index in [1.165, 1.54) is 12.7 Å². The first-order valence-corrected chi connectivity index (χ1v) is 6.16. The lowest BCUT2D eigenvalue weighted by atomic mass is 10.1. The summed E-state index contributed by atoms with van der Waals surface area (Å²) in [6.07, 6.45) is 0.676. The zero-order valence-corrected chi connectivity index (χ0v) is 12.3. The number of carbonyl (C=O) groups is 1. The van der Waals surface area contributed by atoms with Gasteiger partial charge in [-0.2, -0.15) is 0 Å². The SMILES string of the molecule is COC(=O)[C@@H]1C[C@H](Oc2cccc(C)c2C)CN1.Cl. The van der Waals surface area contributed by atoms with Crippen LogP contribution in [0.4, 0.5) is 0 Å². The van der Waals surface area contributed by atoms with Gasteiger partial charge in [-0.3, -0.25) is 4.79 Å². The van der Waals surface area contributed by atoms with Crippen molar-refractivity contribution in [3.63, 3.8) is 0 Å². The zero-order chi connectivity index (χ0) is 13.1. The Balaban J connectivity index is 0.00000180. The van der Waals surface area contributed by atoms with E-state index in [4.69, 9.17) is 9.47 Å². The molecule has 4 nitrogen and oxygen atoms in total. The van der Waals surface area contributed by atoms with Gasteiger partial charge in [0.2, 0.25) is 0 Å². The lowest BCUT2D eigenvalue weighted by Crippen LogP contribution is -2.31. The number of nitrogens with one attached hydrogen (secondary N) is 1. The summed E-state index contributed by atoms with van der Waals surface area (Å²) in [6.45, 7) is 4.78. The number of rotatable bonds is 3. The molecular weight excluding hydrogens is 266 g/mol. The third-order valence-electron chi connectivity index (χ3n) is 3.42. The Hall–Kier alpha value is -1.26. The highest BCUT2D eigenvalue weighted by Gasteiger charge is 2.31. The molecule has 2 rings (SSSR count). The predicted molar refractivity (Wildman–Crippen MR) is 76.0 cm³/mol. The lowest BCUT2D eigenvalue weighted by Gasteiger charge is -2.15. The lowest BCUT2D eigenvalue weighted by molar-refractivity contribution is -0.142. The third kappa shape index (κ3) is 3.61. The number of hydrogen-bond acceptors (Lipinski definition) is 4. The van der Waals surface area contributed by atoms with E-state index in [0.717, 1.165) is 11.3 Å². The van der Waals surface area contributed by atoms with E-state index in [2.05, 4.69) is 18.3 Å². The number of esters is 1. The van der Waals surface area contributed by atoms with Crippen LogP contribution in [0.5, 0.6) is 5.75 Å². The van der Waals surface area contributed by atoms with Gasteiger partial charge < -0.3 is 14.8 Å². The number of carbonyl (C=O) groups excluding carboxylic acids is 1. The van der Waals surface area contributed by atoms with E-state index in [1.807, 2.05) is 19.1 Å². The van der Waals surface area contributed by atoms with Crippen molar-refractivity contribution in [2.24, 2.45) is 0 Å². The quantitative estimate of drug-likeness (QED) is 0.863. The maximum Gasteiger partial charge on any atom is 0.323 e. The maximum absolute atomic E-state index is 11.4. The van der Waals surface area contributed by atoms with E-state index in [1.54, 1.807) is 0 Å². The molecule has 1 N–H and O–H groups in total. The number of benzene rings is 1. The third-order valence-corrected chi connectivity index (χ3v) is 3.42. The van der Waals surface area contributed by atoms with Crippen LogP contribution in [0.15, 0.2) is 18.2 Å². The number of halogens is 1. The minimum atomic E-state index is -0.245. The molecule has 1 fully saturated rings. The molecule has 1 aliphatic heterocycles. The van der Waals surface area contributed by atoms with Gasteiger partial charge in [-0.05, 0) is 31.0 Å². The van der Waals surface area contributed by atoms with E-state index in [-0.39, 0.29) is 30.5 Å². The van der Waals surface area contributed by atoms with Crippen LogP contribution in [0.3, 0.4) is 0 Å². The second kappa shape index (κ2) is 6.78. The first kappa shape index (κ1) is 15.8. The minimum absolute atomic E-state index is 0. The van der Waals surface area contributed by atoms with Crippen LogP contribution in [0.1, 0.15) is 17.5 Å². The Morgan fingerprint density at radius 3 is 2.79 bits per heavy atom. The van der Waals surface area contributed by atoms with Gasteiger partial charge in [0.15, 0.2) is 0 Å². The number of methoxy groups -OCH3 is 1. The number of ether oxygens (including phenoxy) is 2. The van der Waals surface area contributed by atoms with Crippen LogP contribution < -0.4 is 10.1 Å². The highest BCUT2D eigenvalue weighted by atomic mass is 35.5. The minimum Gasteiger partial charge on any atom is -0.489 e. The standard InChI is InChI=1S/C14H19NO3.ClH/c1-9-5-4-6-13(10(9)2)18-11-7-12(15-8-11)14(16)17-3;/h4-6,11-12,15H,7-8H2,1-3H3;1H/t11-,12-;/m0./s1. The van der Waals surface area contributed by atoms with Crippen LogP contribution in [0.2, 0.25) is 0 Å². The molecule has 0 aliphatic carbocycles. The Morgan fingerprint density at radius 2 is 2.11 bits per heavy atom. The number of hydrogen-bond donors (Lipinski definition) is 1. The van der Waals surface area contributed by atoms with Gasteiger partial charge in [-0.25, -0.2) is 0 Å². The fourth-order valence-corrected chi connectivity index (χ4v) is 2.15. The van der Waals surface area contributed by atoms with Crippen LogP contribution in [0.25, 0.3) is 0 Å². The molecular formula is C14H20ClNO3. The van der Waals surface area contributed by atoms with Crippen molar-refractivity contribution in [2.45, 2.75) is 32.4 Å². The topological polar surface area (TPSA) is 47.6 Å². The molecule has 2 atom stereocenters. The Morgan fingerprint density at radius 1 is 1.37 bits per heavy atom. The molecule has 0 aromatic heterocycles. The molecule has 0 radical (unpaired) electrons. The molecule has 0 saturated carbocycles. The average Bonchev–Trinajstić information content (AvgIpc) is 2.82. The zero-order valence-electron chi connectivity index (χ0n) is 11.4. The molecule has 1 heterocycles. The summed E-state index contributed by atoms with van der Waals surface area (Å²) in [4.78, 5) is 11.4. The first-order valence-electron chi connectivity index (χ1n) is 6.16. The Kier molecular flexibility index (Phi) is 5.63. The van der Waals surface area contributed by atoms with Crippen LogP contribution in [-0.4, -0.2) is 31.8 Å². The Bertz CT molecular complexity index is 450. The summed E-state index contributed by atoms with van der Waals surface area (Å²) in [5.74, 6) is 0.675. The summed E-state index contributed by atoms with van der Waals surface area (Å²) >= 11 is 0. The van der Waals surface area contributed by atoms with Crippen LogP contribution in [-0.2, 0) is 9.53 Å². The summed E-state index contributed by atoms with van der Waals surface area (Å²) < 4.78 is 10.7. The second-order valence-corrected chi connectivity index (χ2v) is 4.66. The second-order valence-electron chi connectivity index (χ2n) is 4.66. The molecule has 5 heteroatoms. The van der Waals surface area contributed by atoms with Gasteiger partial charge in [0.05, 0.1) is 7.11 Å². The molecule has 0 bridgehead atoms. The molecule has 0 unspecified atom stereocenters. The molecule has 1 aromatic carbocycles. The van der Waals surface area contributed by atoms with E-state index in [9.17, 15) is 4.79 Å². The number of aryl methyl sites for hydroxylation is 1. The van der Waals surface area contributed by atoms with Crippen molar-refractivity contribution in [3.05, 3.63) is 29.3 Å². The molecule has 1 aliphatic rings. The normalized spacial score (nSPS) is 21.6.